The van der Waals surface area contributed by atoms with Crippen molar-refractivity contribution in [2.75, 3.05) is 13.2 Å². The van der Waals surface area contributed by atoms with E-state index in [1.165, 1.54) is 4.88 Å². The minimum Gasteiger partial charge on any atom is -0.395 e. The fourth-order valence-corrected chi connectivity index (χ4v) is 3.11. The molecule has 1 aliphatic rings. The van der Waals surface area contributed by atoms with Gasteiger partial charge in [-0.2, -0.15) is 0 Å². The Kier molecular flexibility index (Phi) is 5.63. The van der Waals surface area contributed by atoms with Gasteiger partial charge in [-0.25, -0.2) is 0 Å². The third kappa shape index (κ3) is 4.36. The van der Waals surface area contributed by atoms with Crippen molar-refractivity contribution in [3.8, 4) is 11.8 Å². The second-order valence-corrected chi connectivity index (χ2v) is 6.32. The van der Waals surface area contributed by atoms with Gasteiger partial charge >= 0.3 is 0 Å². The van der Waals surface area contributed by atoms with Crippen LogP contribution in [0.5, 0.6) is 0 Å². The van der Waals surface area contributed by atoms with Crippen molar-refractivity contribution in [3.63, 3.8) is 0 Å². The molecule has 0 bridgehead atoms. The molecule has 0 radical (unpaired) electrons. The lowest BCUT2D eigenvalue weighted by molar-refractivity contribution is -0.131. The summed E-state index contributed by atoms with van der Waals surface area (Å²) in [6, 6.07) is 2.05. The molecule has 20 heavy (non-hydrogen) atoms. The quantitative estimate of drug-likeness (QED) is 0.870. The molecule has 1 aromatic rings. The number of carbonyl (C=O) groups excluding carboxylic acids is 1. The van der Waals surface area contributed by atoms with Crippen LogP contribution in [0.1, 0.15) is 43.0 Å². The number of hydrogen-bond acceptors (Lipinski definition) is 3. The van der Waals surface area contributed by atoms with Crippen LogP contribution in [0.3, 0.4) is 0 Å². The molecule has 0 saturated carbocycles. The molecule has 1 saturated heterocycles. The van der Waals surface area contributed by atoms with Crippen molar-refractivity contribution in [2.24, 2.45) is 5.92 Å². The number of amides is 1. The number of hydrogen-bond donors (Lipinski definition) is 1. The van der Waals surface area contributed by atoms with Crippen LogP contribution >= 0.6 is 11.3 Å². The van der Waals surface area contributed by atoms with Gasteiger partial charge in [0.15, 0.2) is 0 Å². The first-order valence-electron chi connectivity index (χ1n) is 7.14. The molecule has 0 spiro atoms. The highest BCUT2D eigenvalue weighted by molar-refractivity contribution is 7.10. The van der Waals surface area contributed by atoms with Gasteiger partial charge in [-0.3, -0.25) is 4.79 Å². The molecule has 1 amide bonds. The lowest BCUT2D eigenvalue weighted by atomic mass is 10.0. The van der Waals surface area contributed by atoms with Crippen LogP contribution < -0.4 is 0 Å². The van der Waals surface area contributed by atoms with Crippen LogP contribution in [0, 0.1) is 17.8 Å². The number of nitrogens with zero attached hydrogens (tertiary/aromatic N) is 1. The molecule has 1 N–H and O–H groups in total. The summed E-state index contributed by atoms with van der Waals surface area (Å²) in [7, 11) is 0. The van der Waals surface area contributed by atoms with E-state index in [0.717, 1.165) is 24.9 Å². The Morgan fingerprint density at radius 2 is 2.35 bits per heavy atom. The molecule has 2 heterocycles. The van der Waals surface area contributed by atoms with Crippen LogP contribution in [0.4, 0.5) is 0 Å². The molecule has 0 aromatic carbocycles. The molecule has 1 atom stereocenters. The van der Waals surface area contributed by atoms with Gasteiger partial charge in [-0.05, 0) is 24.8 Å². The summed E-state index contributed by atoms with van der Waals surface area (Å²) in [4.78, 5) is 15.2. The largest absolute Gasteiger partial charge is 0.395 e. The van der Waals surface area contributed by atoms with Gasteiger partial charge < -0.3 is 10.0 Å². The SMILES string of the molecule is CC1CCC(=O)N(Cc2cc(C#CCCO)cs2)CC1. The number of rotatable bonds is 3. The van der Waals surface area contributed by atoms with Gasteiger partial charge in [-0.1, -0.05) is 18.8 Å². The van der Waals surface area contributed by atoms with Crippen LogP contribution in [0.15, 0.2) is 11.4 Å². The summed E-state index contributed by atoms with van der Waals surface area (Å²) < 4.78 is 0. The van der Waals surface area contributed by atoms with Crippen molar-refractivity contribution in [1.29, 1.82) is 0 Å². The van der Waals surface area contributed by atoms with Crippen LogP contribution in [-0.4, -0.2) is 29.1 Å². The maximum Gasteiger partial charge on any atom is 0.222 e. The van der Waals surface area contributed by atoms with E-state index in [9.17, 15) is 4.79 Å². The molecule has 1 aliphatic heterocycles. The molecule has 108 valence electrons. The van der Waals surface area contributed by atoms with E-state index in [1.807, 2.05) is 10.3 Å². The minimum atomic E-state index is 0.102. The first-order valence-corrected chi connectivity index (χ1v) is 8.02. The smallest absolute Gasteiger partial charge is 0.222 e. The van der Waals surface area contributed by atoms with Gasteiger partial charge in [0, 0.05) is 35.2 Å². The molecule has 2 rings (SSSR count). The summed E-state index contributed by atoms with van der Waals surface area (Å²) in [6.07, 6.45) is 3.29. The fraction of sp³-hybridized carbons (Fsp3) is 0.562. The van der Waals surface area contributed by atoms with E-state index in [2.05, 4.69) is 24.8 Å². The highest BCUT2D eigenvalue weighted by Gasteiger charge is 2.20. The van der Waals surface area contributed by atoms with Gasteiger partial charge in [0.1, 0.15) is 0 Å². The number of aliphatic hydroxyl groups is 1. The van der Waals surface area contributed by atoms with Gasteiger partial charge in [0.2, 0.25) is 5.91 Å². The summed E-state index contributed by atoms with van der Waals surface area (Å²) in [5.74, 6) is 6.87. The molecule has 4 heteroatoms. The molecule has 0 aliphatic carbocycles. The number of aliphatic hydroxyl groups excluding tert-OH is 1. The lowest BCUT2D eigenvalue weighted by Crippen LogP contribution is -2.29. The average Bonchev–Trinajstić information content (AvgIpc) is 2.82. The molecule has 1 aromatic heterocycles. The Labute approximate surface area is 124 Å². The Hall–Kier alpha value is -1.31. The van der Waals surface area contributed by atoms with E-state index in [-0.39, 0.29) is 12.5 Å². The van der Waals surface area contributed by atoms with Crippen molar-refractivity contribution in [2.45, 2.75) is 39.2 Å². The number of carbonyl (C=O) groups is 1. The lowest BCUT2D eigenvalue weighted by Gasteiger charge is -2.19. The highest BCUT2D eigenvalue weighted by Crippen LogP contribution is 2.22. The molecule has 1 fully saturated rings. The van der Waals surface area contributed by atoms with Crippen molar-refractivity contribution in [3.05, 3.63) is 21.9 Å². The average molecular weight is 291 g/mol. The second-order valence-electron chi connectivity index (χ2n) is 5.32. The van der Waals surface area contributed by atoms with Gasteiger partial charge in [0.05, 0.1) is 13.2 Å². The normalized spacial score (nSPS) is 19.4. The third-order valence-corrected chi connectivity index (χ3v) is 4.49. The zero-order chi connectivity index (χ0) is 14.4. The zero-order valence-electron chi connectivity index (χ0n) is 11.9. The molecular weight excluding hydrogens is 270 g/mol. The van der Waals surface area contributed by atoms with E-state index in [1.54, 1.807) is 11.3 Å². The van der Waals surface area contributed by atoms with Crippen molar-refractivity contribution in [1.82, 2.24) is 4.90 Å². The predicted molar refractivity (Wildman–Crippen MR) is 81.3 cm³/mol. The molecule has 1 unspecified atom stereocenters. The Balaban J connectivity index is 1.96. The maximum atomic E-state index is 12.1. The van der Waals surface area contributed by atoms with Crippen molar-refractivity contribution >= 4 is 17.2 Å². The number of thiophene rings is 1. The predicted octanol–water partition coefficient (Wildman–Crippen LogP) is 2.63. The maximum absolute atomic E-state index is 12.1. The van der Waals surface area contributed by atoms with E-state index < -0.39 is 0 Å². The van der Waals surface area contributed by atoms with E-state index >= 15 is 0 Å². The van der Waals surface area contributed by atoms with Crippen LogP contribution in [0.25, 0.3) is 0 Å². The Bertz CT molecular complexity index is 512. The van der Waals surface area contributed by atoms with Crippen molar-refractivity contribution < 1.29 is 9.90 Å². The summed E-state index contributed by atoms with van der Waals surface area (Å²) in [5, 5.41) is 10.7. The summed E-state index contributed by atoms with van der Waals surface area (Å²) >= 11 is 1.65. The van der Waals surface area contributed by atoms with E-state index in [0.29, 0.717) is 25.3 Å². The van der Waals surface area contributed by atoms with E-state index in [4.69, 9.17) is 5.11 Å². The second kappa shape index (κ2) is 7.47. The monoisotopic (exact) mass is 291 g/mol. The first kappa shape index (κ1) is 15.1. The third-order valence-electron chi connectivity index (χ3n) is 3.57. The fourth-order valence-electron chi connectivity index (χ4n) is 2.28. The standard InChI is InChI=1S/C16H21NO2S/c1-13-5-6-16(19)17(8-7-13)11-15-10-14(12-20-15)4-2-3-9-18/h10,12-13,18H,3,5-9,11H2,1H3. The zero-order valence-corrected chi connectivity index (χ0v) is 12.7. The topological polar surface area (TPSA) is 40.5 Å². The Morgan fingerprint density at radius 3 is 3.15 bits per heavy atom. The Morgan fingerprint density at radius 1 is 1.50 bits per heavy atom. The minimum absolute atomic E-state index is 0.102. The summed E-state index contributed by atoms with van der Waals surface area (Å²) in [5.41, 5.74) is 0.981. The highest BCUT2D eigenvalue weighted by atomic mass is 32.1. The molecule has 3 nitrogen and oxygen atoms in total. The first-order chi connectivity index (χ1) is 9.69. The number of likely N-dealkylation sites (tertiary alicyclic amines) is 1. The van der Waals surface area contributed by atoms with Gasteiger partial charge in [-0.15, -0.1) is 11.3 Å². The molecular formula is C16H21NO2S. The van der Waals surface area contributed by atoms with Crippen LogP contribution in [0.2, 0.25) is 0 Å². The van der Waals surface area contributed by atoms with Gasteiger partial charge in [0.25, 0.3) is 0 Å². The summed E-state index contributed by atoms with van der Waals surface area (Å²) in [6.45, 7) is 3.89. The van der Waals surface area contributed by atoms with Crippen LogP contribution in [-0.2, 0) is 11.3 Å².